The van der Waals surface area contributed by atoms with E-state index in [1.807, 2.05) is 0 Å². The average molecular weight is 402 g/mol. The minimum Gasteiger partial charge on any atom is -0.380 e. The molecule has 2 aromatic carbocycles. The van der Waals surface area contributed by atoms with E-state index in [9.17, 15) is 26.3 Å². The fraction of sp³-hybridized carbons (Fsp3) is 0.333. The summed E-state index contributed by atoms with van der Waals surface area (Å²) in [6.45, 7) is 5.09. The third-order valence-corrected chi connectivity index (χ3v) is 4.40. The molecule has 4 nitrogen and oxygen atoms in total. The van der Waals surface area contributed by atoms with Crippen molar-refractivity contribution in [3.63, 3.8) is 0 Å². The van der Waals surface area contributed by atoms with Crippen LogP contribution < -0.4 is 10.2 Å². The van der Waals surface area contributed by atoms with Gasteiger partial charge in [-0.15, -0.1) is 0 Å². The molecule has 0 unspecified atom stereocenters. The van der Waals surface area contributed by atoms with Crippen molar-refractivity contribution >= 4 is 33.4 Å². The normalized spacial score (nSPS) is 11.5. The van der Waals surface area contributed by atoms with Crippen LogP contribution in [0.2, 0.25) is 0 Å². The molecule has 0 atom stereocenters. The number of hydrogen-bond acceptors (Lipinski definition) is 4. The molecule has 1 aromatic heterocycles. The minimum absolute atomic E-state index is 0.0602. The van der Waals surface area contributed by atoms with E-state index < -0.39 is 68.3 Å². The van der Waals surface area contributed by atoms with E-state index in [0.717, 1.165) is 0 Å². The van der Waals surface area contributed by atoms with Crippen molar-refractivity contribution in [2.75, 3.05) is 29.9 Å². The second-order valence-corrected chi connectivity index (χ2v) is 5.93. The maximum atomic E-state index is 14.9. The van der Waals surface area contributed by atoms with Crippen LogP contribution >= 0.6 is 0 Å². The number of aromatic nitrogens is 2. The number of rotatable bonds is 5. The molecule has 28 heavy (non-hydrogen) atoms. The standard InChI is InChI=1S/C18H16F6N4/c1-4-25-13-7(19)8(20)14-16(11(13)23)26-15-9(21)10(22)18(28(5-2)6-3)12(24)17(15)27-14/h25H,4-6H2,1-3H3. The fourth-order valence-electron chi connectivity index (χ4n) is 3.04. The number of benzene rings is 2. The fourth-order valence-corrected chi connectivity index (χ4v) is 3.04. The molecule has 0 spiro atoms. The zero-order chi connectivity index (χ0) is 20.7. The average Bonchev–Trinajstić information content (AvgIpc) is 2.70. The molecule has 1 N–H and O–H groups in total. The molecule has 0 bridgehead atoms. The third kappa shape index (κ3) is 2.78. The first-order valence-electron chi connectivity index (χ1n) is 8.61. The van der Waals surface area contributed by atoms with Crippen LogP contribution in [0.4, 0.5) is 37.7 Å². The Morgan fingerprint density at radius 1 is 0.643 bits per heavy atom. The number of nitrogens with one attached hydrogen (secondary N) is 1. The van der Waals surface area contributed by atoms with Crippen molar-refractivity contribution in [3.05, 3.63) is 34.9 Å². The Hall–Kier alpha value is -2.78. The van der Waals surface area contributed by atoms with E-state index in [0.29, 0.717) is 0 Å². The van der Waals surface area contributed by atoms with Gasteiger partial charge in [0.2, 0.25) is 0 Å². The van der Waals surface area contributed by atoms with Crippen LogP contribution in [0.5, 0.6) is 0 Å². The molecule has 0 aliphatic rings. The molecule has 3 aromatic rings. The highest BCUT2D eigenvalue weighted by Gasteiger charge is 2.28. The Bertz CT molecular complexity index is 1080. The van der Waals surface area contributed by atoms with Crippen molar-refractivity contribution < 1.29 is 26.3 Å². The van der Waals surface area contributed by atoms with Gasteiger partial charge in [-0.1, -0.05) is 0 Å². The largest absolute Gasteiger partial charge is 0.380 e. The maximum absolute atomic E-state index is 14.9. The van der Waals surface area contributed by atoms with E-state index in [2.05, 4.69) is 15.3 Å². The smallest absolute Gasteiger partial charge is 0.189 e. The molecule has 3 rings (SSSR count). The summed E-state index contributed by atoms with van der Waals surface area (Å²) in [5.74, 6) is -8.83. The molecule has 0 fully saturated rings. The first kappa shape index (κ1) is 20.0. The van der Waals surface area contributed by atoms with Crippen LogP contribution in [0.1, 0.15) is 20.8 Å². The number of anilines is 2. The van der Waals surface area contributed by atoms with Gasteiger partial charge in [-0.05, 0) is 20.8 Å². The molecule has 0 aliphatic carbocycles. The Balaban J connectivity index is 2.48. The first-order valence-corrected chi connectivity index (χ1v) is 8.61. The summed E-state index contributed by atoms with van der Waals surface area (Å²) in [7, 11) is 0. The summed E-state index contributed by atoms with van der Waals surface area (Å²) in [6, 6.07) is 0. The second kappa shape index (κ2) is 7.33. The third-order valence-electron chi connectivity index (χ3n) is 4.40. The molecule has 0 radical (unpaired) electrons. The van der Waals surface area contributed by atoms with Gasteiger partial charge in [0.1, 0.15) is 33.4 Å². The summed E-state index contributed by atoms with van der Waals surface area (Å²) >= 11 is 0. The van der Waals surface area contributed by atoms with Gasteiger partial charge in [-0.25, -0.2) is 36.3 Å². The molecular formula is C18H16F6N4. The van der Waals surface area contributed by atoms with Crippen molar-refractivity contribution in [2.45, 2.75) is 20.8 Å². The van der Waals surface area contributed by atoms with Gasteiger partial charge in [-0.3, -0.25) is 0 Å². The predicted octanol–water partition coefficient (Wildman–Crippen LogP) is 4.90. The molecule has 150 valence electrons. The Morgan fingerprint density at radius 2 is 1.11 bits per heavy atom. The topological polar surface area (TPSA) is 41.1 Å². The molecule has 0 amide bonds. The quantitative estimate of drug-likeness (QED) is 0.375. The number of hydrogen-bond donors (Lipinski definition) is 1. The highest BCUT2D eigenvalue weighted by Crippen LogP contribution is 2.35. The predicted molar refractivity (Wildman–Crippen MR) is 94.5 cm³/mol. The van der Waals surface area contributed by atoms with Crippen LogP contribution in [0.15, 0.2) is 0 Å². The van der Waals surface area contributed by atoms with Gasteiger partial charge in [0.05, 0.1) is 0 Å². The summed E-state index contributed by atoms with van der Waals surface area (Å²) in [5.41, 5.74) is -5.00. The number of fused-ring (bicyclic) bond motifs is 2. The molecule has 0 saturated heterocycles. The lowest BCUT2D eigenvalue weighted by atomic mass is 10.1. The van der Waals surface area contributed by atoms with E-state index in [1.165, 1.54) is 11.8 Å². The highest BCUT2D eigenvalue weighted by atomic mass is 19.2. The van der Waals surface area contributed by atoms with E-state index in [-0.39, 0.29) is 19.6 Å². The molecule has 1 heterocycles. The molecule has 10 heteroatoms. The SMILES string of the molecule is CCNc1c(F)c(F)c2nc3c(F)c(N(CC)CC)c(F)c(F)c3nc2c1F. The van der Waals surface area contributed by atoms with Gasteiger partial charge in [0, 0.05) is 19.6 Å². The van der Waals surface area contributed by atoms with Crippen molar-refractivity contribution in [1.82, 2.24) is 9.97 Å². The van der Waals surface area contributed by atoms with Gasteiger partial charge in [0.25, 0.3) is 0 Å². The van der Waals surface area contributed by atoms with E-state index in [4.69, 9.17) is 0 Å². The second-order valence-electron chi connectivity index (χ2n) is 5.93. The monoisotopic (exact) mass is 402 g/mol. The van der Waals surface area contributed by atoms with Gasteiger partial charge >= 0.3 is 0 Å². The van der Waals surface area contributed by atoms with Crippen LogP contribution in [-0.2, 0) is 0 Å². The lowest BCUT2D eigenvalue weighted by molar-refractivity contribution is 0.498. The Morgan fingerprint density at radius 3 is 1.61 bits per heavy atom. The van der Waals surface area contributed by atoms with Gasteiger partial charge in [-0.2, -0.15) is 0 Å². The van der Waals surface area contributed by atoms with Crippen LogP contribution in [0.3, 0.4) is 0 Å². The maximum Gasteiger partial charge on any atom is 0.189 e. The zero-order valence-corrected chi connectivity index (χ0v) is 15.2. The Kier molecular flexibility index (Phi) is 5.22. The van der Waals surface area contributed by atoms with Crippen LogP contribution in [0.25, 0.3) is 22.1 Å². The summed E-state index contributed by atoms with van der Waals surface area (Å²) < 4.78 is 87.2. The molecule has 0 saturated carbocycles. The van der Waals surface area contributed by atoms with Gasteiger partial charge < -0.3 is 10.2 Å². The van der Waals surface area contributed by atoms with Crippen LogP contribution in [-0.4, -0.2) is 29.6 Å². The van der Waals surface area contributed by atoms with Crippen molar-refractivity contribution in [3.8, 4) is 0 Å². The summed E-state index contributed by atoms with van der Waals surface area (Å²) in [5, 5.41) is 2.30. The zero-order valence-electron chi connectivity index (χ0n) is 15.2. The van der Waals surface area contributed by atoms with Gasteiger partial charge in [0.15, 0.2) is 34.9 Å². The lowest BCUT2D eigenvalue weighted by Crippen LogP contribution is -2.25. The van der Waals surface area contributed by atoms with Crippen LogP contribution in [0, 0.1) is 34.9 Å². The first-order chi connectivity index (χ1) is 13.3. The number of nitrogens with zero attached hydrogens (tertiary/aromatic N) is 3. The van der Waals surface area contributed by atoms with Crippen molar-refractivity contribution in [2.24, 2.45) is 0 Å². The van der Waals surface area contributed by atoms with E-state index in [1.54, 1.807) is 13.8 Å². The highest BCUT2D eigenvalue weighted by molar-refractivity contribution is 5.91. The Labute approximate surface area is 156 Å². The van der Waals surface area contributed by atoms with E-state index >= 15 is 0 Å². The van der Waals surface area contributed by atoms with Crippen molar-refractivity contribution in [1.29, 1.82) is 0 Å². The molecule has 0 aliphatic heterocycles. The summed E-state index contributed by atoms with van der Waals surface area (Å²) in [4.78, 5) is 8.30. The number of halogens is 6. The summed E-state index contributed by atoms with van der Waals surface area (Å²) in [6.07, 6.45) is 0. The minimum atomic E-state index is -1.57. The molecular weight excluding hydrogens is 386 g/mol. The lowest BCUT2D eigenvalue weighted by Gasteiger charge is -2.23.